The van der Waals surface area contributed by atoms with E-state index in [9.17, 15) is 9.59 Å². The first-order chi connectivity index (χ1) is 16.9. The van der Waals surface area contributed by atoms with Crippen LogP contribution >= 0.6 is 11.6 Å². The Labute approximate surface area is 209 Å². The third-order valence-electron chi connectivity index (χ3n) is 7.05. The van der Waals surface area contributed by atoms with Crippen LogP contribution in [0.2, 0.25) is 5.02 Å². The van der Waals surface area contributed by atoms with Gasteiger partial charge in [0.25, 0.3) is 5.91 Å². The highest BCUT2D eigenvalue weighted by Gasteiger charge is 2.25. The van der Waals surface area contributed by atoms with Crippen LogP contribution in [0.4, 0.5) is 0 Å². The molecule has 7 heteroatoms. The molecule has 1 aliphatic rings. The van der Waals surface area contributed by atoms with Gasteiger partial charge in [-0.3, -0.25) is 18.9 Å². The van der Waals surface area contributed by atoms with Gasteiger partial charge in [0.05, 0.1) is 33.0 Å². The maximum Gasteiger partial charge on any atom is 0.333 e. The van der Waals surface area contributed by atoms with E-state index in [2.05, 4.69) is 10.3 Å². The number of aryl methyl sites for hydroxylation is 2. The summed E-state index contributed by atoms with van der Waals surface area (Å²) in [5.74, 6) is 0.256. The number of aromatic nitrogens is 3. The number of rotatable bonds is 5. The highest BCUT2D eigenvalue weighted by Crippen LogP contribution is 2.28. The SMILES string of the molecule is Cc1ccc(-n2c(=O)n(CC3CCC(NC(=O)c4cc(Cl)cnc4C)CC3)c3ccccc32)cc1. The summed E-state index contributed by atoms with van der Waals surface area (Å²) in [7, 11) is 0. The third-order valence-corrected chi connectivity index (χ3v) is 7.26. The molecule has 1 fully saturated rings. The Morgan fingerprint density at radius 2 is 1.71 bits per heavy atom. The Balaban J connectivity index is 1.30. The van der Waals surface area contributed by atoms with Crippen molar-refractivity contribution in [2.45, 2.75) is 52.1 Å². The van der Waals surface area contributed by atoms with Gasteiger partial charge in [-0.05, 0) is 75.8 Å². The minimum absolute atomic E-state index is 0.00518. The van der Waals surface area contributed by atoms with E-state index >= 15 is 0 Å². The fraction of sp³-hybridized carbons (Fsp3) is 0.321. The van der Waals surface area contributed by atoms with E-state index in [-0.39, 0.29) is 17.6 Å². The van der Waals surface area contributed by atoms with E-state index < -0.39 is 0 Å². The molecular weight excluding hydrogens is 460 g/mol. The lowest BCUT2D eigenvalue weighted by molar-refractivity contribution is 0.0919. The number of nitrogens with zero attached hydrogens (tertiary/aromatic N) is 3. The normalized spacial score (nSPS) is 18.0. The molecule has 1 saturated carbocycles. The van der Waals surface area contributed by atoms with Gasteiger partial charge in [-0.2, -0.15) is 0 Å². The number of carbonyl (C=O) groups excluding carboxylic acids is 1. The predicted octanol–water partition coefficient (Wildman–Crippen LogP) is 5.45. The molecule has 4 aromatic rings. The van der Waals surface area contributed by atoms with Crippen LogP contribution in [0.5, 0.6) is 0 Å². The Bertz CT molecular complexity index is 1430. The van der Waals surface area contributed by atoms with Crippen molar-refractivity contribution in [1.82, 2.24) is 19.4 Å². The molecule has 1 aliphatic carbocycles. The zero-order valence-electron chi connectivity index (χ0n) is 20.0. The van der Waals surface area contributed by atoms with Crippen LogP contribution in [0.25, 0.3) is 16.7 Å². The number of carbonyl (C=O) groups is 1. The fourth-order valence-corrected chi connectivity index (χ4v) is 5.23. The molecule has 0 atom stereocenters. The summed E-state index contributed by atoms with van der Waals surface area (Å²) in [6.45, 7) is 4.53. The monoisotopic (exact) mass is 488 g/mol. The van der Waals surface area contributed by atoms with E-state index in [4.69, 9.17) is 11.6 Å². The molecule has 0 bridgehead atoms. The molecule has 0 saturated heterocycles. The number of fused-ring (bicyclic) bond motifs is 1. The molecule has 2 heterocycles. The van der Waals surface area contributed by atoms with Gasteiger partial charge in [-0.1, -0.05) is 41.4 Å². The van der Waals surface area contributed by atoms with Gasteiger partial charge in [0.1, 0.15) is 0 Å². The summed E-state index contributed by atoms with van der Waals surface area (Å²) in [5.41, 5.74) is 5.11. The minimum Gasteiger partial charge on any atom is -0.349 e. The topological polar surface area (TPSA) is 68.9 Å². The van der Waals surface area contributed by atoms with Gasteiger partial charge < -0.3 is 5.32 Å². The molecule has 6 nitrogen and oxygen atoms in total. The number of para-hydroxylation sites is 2. The number of imidazole rings is 1. The lowest BCUT2D eigenvalue weighted by Gasteiger charge is -2.29. The van der Waals surface area contributed by atoms with Gasteiger partial charge in [0.2, 0.25) is 0 Å². The molecule has 180 valence electrons. The van der Waals surface area contributed by atoms with Gasteiger partial charge in [0.15, 0.2) is 0 Å². The van der Waals surface area contributed by atoms with Gasteiger partial charge in [0, 0.05) is 18.8 Å². The molecule has 0 aliphatic heterocycles. The molecule has 35 heavy (non-hydrogen) atoms. The molecule has 2 aromatic carbocycles. The average Bonchev–Trinajstić information content (AvgIpc) is 3.13. The van der Waals surface area contributed by atoms with Crippen LogP contribution in [0, 0.1) is 19.8 Å². The predicted molar refractivity (Wildman–Crippen MR) is 139 cm³/mol. The van der Waals surface area contributed by atoms with Crippen LogP contribution < -0.4 is 11.0 Å². The van der Waals surface area contributed by atoms with Crippen LogP contribution in [-0.2, 0) is 6.54 Å². The fourth-order valence-electron chi connectivity index (χ4n) is 5.08. The maximum atomic E-state index is 13.5. The number of nitrogens with one attached hydrogen (secondary N) is 1. The molecule has 2 aromatic heterocycles. The maximum absolute atomic E-state index is 13.5. The van der Waals surface area contributed by atoms with Crippen molar-refractivity contribution in [1.29, 1.82) is 0 Å². The Morgan fingerprint density at radius 1 is 1.03 bits per heavy atom. The third kappa shape index (κ3) is 4.76. The van der Waals surface area contributed by atoms with Gasteiger partial charge >= 0.3 is 5.69 Å². The van der Waals surface area contributed by atoms with Crippen molar-refractivity contribution >= 4 is 28.5 Å². The zero-order valence-corrected chi connectivity index (χ0v) is 20.8. The van der Waals surface area contributed by atoms with E-state index in [0.717, 1.165) is 48.0 Å². The summed E-state index contributed by atoms with van der Waals surface area (Å²) in [6.07, 6.45) is 5.22. The van der Waals surface area contributed by atoms with Crippen molar-refractivity contribution < 1.29 is 4.79 Å². The summed E-state index contributed by atoms with van der Waals surface area (Å²) >= 11 is 6.03. The number of benzene rings is 2. The molecule has 0 spiro atoms. The number of amides is 1. The largest absolute Gasteiger partial charge is 0.349 e. The van der Waals surface area contributed by atoms with Crippen LogP contribution in [0.3, 0.4) is 0 Å². The Hall–Kier alpha value is -3.38. The van der Waals surface area contributed by atoms with Gasteiger partial charge in [-0.25, -0.2) is 4.79 Å². The quantitative estimate of drug-likeness (QED) is 0.406. The van der Waals surface area contributed by atoms with Crippen molar-refractivity contribution in [3.8, 4) is 5.69 Å². The van der Waals surface area contributed by atoms with Gasteiger partial charge in [-0.15, -0.1) is 0 Å². The second-order valence-corrected chi connectivity index (χ2v) is 9.97. The van der Waals surface area contributed by atoms with E-state index in [1.165, 1.54) is 0 Å². The van der Waals surface area contributed by atoms with E-state index in [1.807, 2.05) is 71.5 Å². The summed E-state index contributed by atoms with van der Waals surface area (Å²) in [5, 5.41) is 3.61. The molecular formula is C28H29ClN4O2. The van der Waals surface area contributed by atoms with E-state index in [0.29, 0.717) is 28.7 Å². The van der Waals surface area contributed by atoms with Crippen LogP contribution in [-0.4, -0.2) is 26.1 Å². The lowest BCUT2D eigenvalue weighted by atomic mass is 9.85. The summed E-state index contributed by atoms with van der Waals surface area (Å²) in [4.78, 5) is 30.5. The second kappa shape index (κ2) is 9.70. The zero-order chi connectivity index (χ0) is 24.5. The lowest BCUT2D eigenvalue weighted by Crippen LogP contribution is -2.39. The number of pyridine rings is 1. The Morgan fingerprint density at radius 3 is 2.43 bits per heavy atom. The number of hydrogen-bond donors (Lipinski definition) is 1. The second-order valence-electron chi connectivity index (χ2n) is 9.53. The van der Waals surface area contributed by atoms with Crippen LogP contribution in [0.15, 0.2) is 65.6 Å². The minimum atomic E-state index is -0.127. The molecule has 0 radical (unpaired) electrons. The molecule has 0 unspecified atom stereocenters. The first kappa shape index (κ1) is 23.4. The highest BCUT2D eigenvalue weighted by atomic mass is 35.5. The number of hydrogen-bond acceptors (Lipinski definition) is 3. The first-order valence-electron chi connectivity index (χ1n) is 12.1. The molecule has 5 rings (SSSR count). The smallest absolute Gasteiger partial charge is 0.333 e. The first-order valence-corrected chi connectivity index (χ1v) is 12.5. The average molecular weight is 489 g/mol. The number of halogens is 1. The Kier molecular flexibility index (Phi) is 6.48. The van der Waals surface area contributed by atoms with Crippen molar-refractivity contribution in [2.75, 3.05) is 0 Å². The van der Waals surface area contributed by atoms with Crippen LogP contribution in [0.1, 0.15) is 47.3 Å². The standard InChI is InChI=1S/C28H29ClN4O2/c1-18-7-13-23(14-8-18)33-26-6-4-3-5-25(26)32(28(33)35)17-20-9-11-22(12-10-20)31-27(34)24-15-21(29)16-30-19(24)2/h3-8,13-16,20,22H,9-12,17H2,1-2H3,(H,31,34). The highest BCUT2D eigenvalue weighted by molar-refractivity contribution is 6.30. The molecule has 1 amide bonds. The summed E-state index contributed by atoms with van der Waals surface area (Å²) in [6, 6.07) is 17.8. The molecule has 1 N–H and O–H groups in total. The van der Waals surface area contributed by atoms with Crippen molar-refractivity contribution in [3.05, 3.63) is 93.1 Å². The van der Waals surface area contributed by atoms with E-state index in [1.54, 1.807) is 12.3 Å². The van der Waals surface area contributed by atoms with Crippen molar-refractivity contribution in [2.24, 2.45) is 5.92 Å². The summed E-state index contributed by atoms with van der Waals surface area (Å²) < 4.78 is 3.72. The van der Waals surface area contributed by atoms with Crippen molar-refractivity contribution in [3.63, 3.8) is 0 Å².